The molecular weight excluding hydrogens is 494 g/mol. The average Bonchev–Trinajstić information content (AvgIpc) is 3.20. The van der Waals surface area contributed by atoms with Crippen molar-refractivity contribution in [3.05, 3.63) is 88.0 Å². The van der Waals surface area contributed by atoms with Gasteiger partial charge in [-0.2, -0.15) is 0 Å². The lowest BCUT2D eigenvalue weighted by atomic mass is 9.59. The van der Waals surface area contributed by atoms with E-state index < -0.39 is 23.7 Å². The van der Waals surface area contributed by atoms with E-state index in [0.29, 0.717) is 34.4 Å². The van der Waals surface area contributed by atoms with Crippen LogP contribution >= 0.6 is 0 Å². The summed E-state index contributed by atoms with van der Waals surface area (Å²) in [7, 11) is 1.45. The molecule has 1 heterocycles. The van der Waals surface area contributed by atoms with Crippen LogP contribution in [0.15, 0.2) is 76.9 Å². The van der Waals surface area contributed by atoms with Crippen LogP contribution in [0.2, 0.25) is 0 Å². The smallest absolute Gasteiger partial charge is 0.238 e. The van der Waals surface area contributed by atoms with E-state index in [2.05, 4.69) is 0 Å². The quantitative estimate of drug-likeness (QED) is 0.357. The fraction of sp³-hybridized carbons (Fsp3) is 0.312. The number of imide groups is 1. The van der Waals surface area contributed by atoms with Gasteiger partial charge in [0, 0.05) is 22.6 Å². The summed E-state index contributed by atoms with van der Waals surface area (Å²) < 4.78 is 5.34. The number of fused-ring (bicyclic) bond motifs is 3. The molecular formula is C32H29NO6. The van der Waals surface area contributed by atoms with E-state index in [0.717, 1.165) is 17.6 Å². The van der Waals surface area contributed by atoms with Gasteiger partial charge in [-0.25, -0.2) is 0 Å². The van der Waals surface area contributed by atoms with E-state index in [-0.39, 0.29) is 41.3 Å². The summed E-state index contributed by atoms with van der Waals surface area (Å²) >= 11 is 0. The molecule has 7 nitrogen and oxygen atoms in total. The predicted molar refractivity (Wildman–Crippen MR) is 144 cm³/mol. The Morgan fingerprint density at radius 3 is 2.44 bits per heavy atom. The number of aryl methyl sites for hydroxylation is 1. The van der Waals surface area contributed by atoms with Gasteiger partial charge in [0.1, 0.15) is 0 Å². The number of hydrogen-bond acceptors (Lipinski definition) is 6. The number of hydrogen-bond donors (Lipinski definition) is 1. The Morgan fingerprint density at radius 2 is 1.74 bits per heavy atom. The molecule has 4 aliphatic rings. The Hall–Kier alpha value is -4.26. The van der Waals surface area contributed by atoms with Gasteiger partial charge in [0.2, 0.25) is 11.8 Å². The number of amides is 2. The van der Waals surface area contributed by atoms with Crippen LogP contribution in [0.4, 0.5) is 5.69 Å². The summed E-state index contributed by atoms with van der Waals surface area (Å²) in [6.07, 6.45) is 4.81. The molecule has 1 fully saturated rings. The first-order valence-corrected chi connectivity index (χ1v) is 13.3. The number of phenolic OH excluding ortho intramolecular Hbond substituents is 1. The number of rotatable bonds is 4. The molecule has 6 rings (SSSR count). The molecule has 0 saturated carbocycles. The lowest BCUT2D eigenvalue weighted by Gasteiger charge is -2.42. The molecule has 0 spiro atoms. The van der Waals surface area contributed by atoms with Gasteiger partial charge in [-0.3, -0.25) is 24.1 Å². The highest BCUT2D eigenvalue weighted by molar-refractivity contribution is 6.25. The van der Waals surface area contributed by atoms with Crippen LogP contribution < -0.4 is 9.64 Å². The summed E-state index contributed by atoms with van der Waals surface area (Å²) in [5.74, 6) is -2.87. The highest BCUT2D eigenvalue weighted by Crippen LogP contribution is 2.55. The summed E-state index contributed by atoms with van der Waals surface area (Å²) in [4.78, 5) is 55.6. The number of ether oxygens (including phenoxy) is 1. The number of anilines is 1. The largest absolute Gasteiger partial charge is 0.504 e. The fourth-order valence-electron chi connectivity index (χ4n) is 6.77. The zero-order chi connectivity index (χ0) is 27.6. The highest BCUT2D eigenvalue weighted by Gasteiger charge is 2.56. The van der Waals surface area contributed by atoms with Crippen molar-refractivity contribution in [2.45, 2.75) is 39.0 Å². The lowest BCUT2D eigenvalue weighted by Crippen LogP contribution is -2.39. The lowest BCUT2D eigenvalue weighted by molar-refractivity contribution is -0.123. The summed E-state index contributed by atoms with van der Waals surface area (Å²) in [6.45, 7) is 3.67. The van der Waals surface area contributed by atoms with Crippen molar-refractivity contribution in [2.75, 3.05) is 12.0 Å². The monoisotopic (exact) mass is 523 g/mol. The van der Waals surface area contributed by atoms with Crippen molar-refractivity contribution < 1.29 is 29.0 Å². The van der Waals surface area contributed by atoms with Crippen molar-refractivity contribution in [1.82, 2.24) is 0 Å². The molecule has 1 aliphatic heterocycles. The zero-order valence-electron chi connectivity index (χ0n) is 22.1. The van der Waals surface area contributed by atoms with Gasteiger partial charge >= 0.3 is 0 Å². The number of aromatic hydroxyl groups is 1. The number of allylic oxidation sites excluding steroid dienone is 6. The maximum atomic E-state index is 14.0. The van der Waals surface area contributed by atoms with Crippen LogP contribution in [-0.2, 0) is 25.6 Å². The normalized spacial score (nSPS) is 26.2. The van der Waals surface area contributed by atoms with Gasteiger partial charge in [-0.15, -0.1) is 0 Å². The first-order chi connectivity index (χ1) is 18.7. The Kier molecular flexibility index (Phi) is 5.90. The van der Waals surface area contributed by atoms with Gasteiger partial charge in [-0.1, -0.05) is 36.8 Å². The molecule has 2 aromatic carbocycles. The van der Waals surface area contributed by atoms with E-state index in [4.69, 9.17) is 4.74 Å². The van der Waals surface area contributed by atoms with Gasteiger partial charge in [-0.05, 0) is 73.6 Å². The van der Waals surface area contributed by atoms with Crippen molar-refractivity contribution in [2.24, 2.45) is 17.8 Å². The van der Waals surface area contributed by atoms with Crippen LogP contribution in [-0.4, -0.2) is 35.6 Å². The summed E-state index contributed by atoms with van der Waals surface area (Å²) in [5.41, 5.74) is 4.39. The van der Waals surface area contributed by atoms with E-state index in [1.165, 1.54) is 24.2 Å². The van der Waals surface area contributed by atoms with Crippen LogP contribution in [0.5, 0.6) is 11.5 Å². The summed E-state index contributed by atoms with van der Waals surface area (Å²) in [6, 6.07) is 12.4. The highest BCUT2D eigenvalue weighted by atomic mass is 16.5. The molecule has 2 amide bonds. The SMILES string of the molecule is CCc1ccc(N2C(=O)C3CC=C4C(c5ccc(O)c(OC)c5)C5=C(CC4C3C2=O)C(=O)C(C)=CC5=O)cc1. The molecule has 198 valence electrons. The van der Waals surface area contributed by atoms with Gasteiger partial charge in [0.15, 0.2) is 23.1 Å². The van der Waals surface area contributed by atoms with E-state index in [1.54, 1.807) is 19.1 Å². The second-order valence-corrected chi connectivity index (χ2v) is 10.7. The molecule has 1 N–H and O–H groups in total. The minimum Gasteiger partial charge on any atom is -0.504 e. The molecule has 4 atom stereocenters. The topological polar surface area (TPSA) is 101 Å². The second kappa shape index (κ2) is 9.19. The Morgan fingerprint density at radius 1 is 1.00 bits per heavy atom. The number of carbonyl (C=O) groups is 4. The molecule has 0 aromatic heterocycles. The third-order valence-electron chi connectivity index (χ3n) is 8.70. The maximum absolute atomic E-state index is 14.0. The molecule has 0 bridgehead atoms. The van der Waals surface area contributed by atoms with Crippen LogP contribution in [0.25, 0.3) is 0 Å². The minimum atomic E-state index is -0.631. The molecule has 1 saturated heterocycles. The standard InChI is InChI=1S/C32H29NO6/c1-4-17-5-8-19(9-6-17)33-31(37)21-11-10-20-22(28(21)32(33)38)15-23-29(25(35)13-16(2)30(23)36)27(20)18-7-12-24(34)26(14-18)39-3/h5-10,12-14,21-22,27-28,34H,4,11,15H2,1-3H3. The van der Waals surface area contributed by atoms with Gasteiger partial charge < -0.3 is 9.84 Å². The molecule has 0 radical (unpaired) electrons. The predicted octanol–water partition coefficient (Wildman–Crippen LogP) is 4.60. The Labute approximate surface area is 226 Å². The third-order valence-corrected chi connectivity index (χ3v) is 8.70. The molecule has 3 aliphatic carbocycles. The number of benzene rings is 2. The van der Waals surface area contributed by atoms with Crippen molar-refractivity contribution in [3.63, 3.8) is 0 Å². The van der Waals surface area contributed by atoms with Crippen molar-refractivity contribution in [1.29, 1.82) is 0 Å². The van der Waals surface area contributed by atoms with Crippen LogP contribution in [0.3, 0.4) is 0 Å². The van der Waals surface area contributed by atoms with Gasteiger partial charge in [0.05, 0.1) is 24.6 Å². The summed E-state index contributed by atoms with van der Waals surface area (Å²) in [5, 5.41) is 10.2. The zero-order valence-corrected chi connectivity index (χ0v) is 22.1. The van der Waals surface area contributed by atoms with E-state index in [9.17, 15) is 24.3 Å². The number of Topliss-reactive ketones (excluding diaryl/α,β-unsaturated/α-hetero) is 1. The van der Waals surface area contributed by atoms with Crippen LogP contribution in [0, 0.1) is 17.8 Å². The van der Waals surface area contributed by atoms with Crippen molar-refractivity contribution in [3.8, 4) is 11.5 Å². The first-order valence-electron chi connectivity index (χ1n) is 13.3. The Balaban J connectivity index is 1.47. The maximum Gasteiger partial charge on any atom is 0.238 e. The minimum absolute atomic E-state index is 0.0383. The number of methoxy groups -OCH3 is 1. The first kappa shape index (κ1) is 25.0. The fourth-order valence-corrected chi connectivity index (χ4v) is 6.77. The average molecular weight is 524 g/mol. The second-order valence-electron chi connectivity index (χ2n) is 10.7. The number of carbonyl (C=O) groups excluding carboxylic acids is 4. The number of nitrogens with zero attached hydrogens (tertiary/aromatic N) is 1. The van der Waals surface area contributed by atoms with E-state index in [1.807, 2.05) is 37.3 Å². The number of ketones is 2. The number of phenols is 1. The Bertz CT molecular complexity index is 1540. The molecule has 7 heteroatoms. The van der Waals surface area contributed by atoms with E-state index >= 15 is 0 Å². The third kappa shape index (κ3) is 3.71. The molecule has 4 unspecified atom stereocenters. The molecule has 2 aromatic rings. The van der Waals surface area contributed by atoms with Crippen LogP contribution in [0.1, 0.15) is 43.7 Å². The molecule has 39 heavy (non-hydrogen) atoms. The van der Waals surface area contributed by atoms with Crippen molar-refractivity contribution >= 4 is 29.1 Å². The van der Waals surface area contributed by atoms with Gasteiger partial charge in [0.25, 0.3) is 0 Å².